The van der Waals surface area contributed by atoms with Crippen LogP contribution in [0, 0.1) is 6.92 Å². The standard InChI is InChI=1S/C19H16Cl2N4O2S2/c1-12-3-2-4-13(9-12)18-23-19-25(24-18)15(11-28-19)7-8-22-29(26,27)17-10-14(20)5-6-16(17)21/h2-6,9-11,22H,7-8H2,1H3. The molecule has 29 heavy (non-hydrogen) atoms. The Morgan fingerprint density at radius 1 is 1.17 bits per heavy atom. The van der Waals surface area contributed by atoms with Crippen LogP contribution in [-0.2, 0) is 16.4 Å². The summed E-state index contributed by atoms with van der Waals surface area (Å²) in [5.41, 5.74) is 2.95. The van der Waals surface area contributed by atoms with Crippen LogP contribution in [0.2, 0.25) is 10.0 Å². The van der Waals surface area contributed by atoms with Crippen molar-refractivity contribution in [2.24, 2.45) is 0 Å². The van der Waals surface area contributed by atoms with Crippen LogP contribution in [0.3, 0.4) is 0 Å². The first-order chi connectivity index (χ1) is 13.8. The lowest BCUT2D eigenvalue weighted by atomic mass is 10.1. The number of hydrogen-bond acceptors (Lipinski definition) is 5. The van der Waals surface area contributed by atoms with Gasteiger partial charge in [0.1, 0.15) is 4.90 Å². The van der Waals surface area contributed by atoms with E-state index in [0.717, 1.165) is 21.8 Å². The molecule has 6 nitrogen and oxygen atoms in total. The normalized spacial score (nSPS) is 12.0. The van der Waals surface area contributed by atoms with E-state index in [2.05, 4.69) is 14.8 Å². The number of sulfonamides is 1. The smallest absolute Gasteiger partial charge is 0.211 e. The number of aromatic nitrogens is 3. The van der Waals surface area contributed by atoms with Gasteiger partial charge in [0.15, 0.2) is 5.82 Å². The fourth-order valence-electron chi connectivity index (χ4n) is 2.88. The van der Waals surface area contributed by atoms with Crippen LogP contribution in [0.5, 0.6) is 0 Å². The van der Waals surface area contributed by atoms with Gasteiger partial charge in [0.25, 0.3) is 0 Å². The van der Waals surface area contributed by atoms with Crippen molar-refractivity contribution in [1.82, 2.24) is 19.3 Å². The lowest BCUT2D eigenvalue weighted by molar-refractivity contribution is 0.581. The molecule has 2 aromatic carbocycles. The van der Waals surface area contributed by atoms with E-state index in [1.54, 1.807) is 10.6 Å². The van der Waals surface area contributed by atoms with E-state index in [1.807, 2.05) is 36.6 Å². The fourth-order valence-corrected chi connectivity index (χ4v) is 5.53. The second kappa shape index (κ2) is 8.04. The molecule has 0 bridgehead atoms. The molecule has 0 aliphatic rings. The number of hydrogen-bond donors (Lipinski definition) is 1. The largest absolute Gasteiger partial charge is 0.242 e. The fraction of sp³-hybridized carbons (Fsp3) is 0.158. The molecule has 0 spiro atoms. The zero-order valence-corrected chi connectivity index (χ0v) is 18.4. The highest BCUT2D eigenvalue weighted by molar-refractivity contribution is 7.89. The Morgan fingerprint density at radius 2 is 2.00 bits per heavy atom. The first kappa shape index (κ1) is 20.3. The minimum absolute atomic E-state index is 0.0374. The van der Waals surface area contributed by atoms with Crippen molar-refractivity contribution in [3.63, 3.8) is 0 Å². The monoisotopic (exact) mass is 466 g/mol. The van der Waals surface area contributed by atoms with Crippen molar-refractivity contribution in [2.45, 2.75) is 18.2 Å². The number of nitrogens with zero attached hydrogens (tertiary/aromatic N) is 3. The molecule has 0 atom stereocenters. The van der Waals surface area contributed by atoms with E-state index in [1.165, 1.54) is 23.5 Å². The highest BCUT2D eigenvalue weighted by atomic mass is 35.5. The molecule has 4 aromatic rings. The van der Waals surface area contributed by atoms with Gasteiger partial charge in [-0.1, -0.05) is 47.0 Å². The molecule has 0 saturated carbocycles. The molecule has 150 valence electrons. The van der Waals surface area contributed by atoms with E-state index in [9.17, 15) is 8.42 Å². The Bertz CT molecular complexity index is 1300. The number of aryl methyl sites for hydroxylation is 1. The van der Waals surface area contributed by atoms with Crippen LogP contribution in [0.15, 0.2) is 52.7 Å². The number of nitrogens with one attached hydrogen (secondary N) is 1. The molecule has 0 aliphatic carbocycles. The maximum Gasteiger partial charge on any atom is 0.242 e. The van der Waals surface area contributed by atoms with Crippen LogP contribution in [0.1, 0.15) is 11.3 Å². The van der Waals surface area contributed by atoms with E-state index >= 15 is 0 Å². The topological polar surface area (TPSA) is 76.4 Å². The third-order valence-electron chi connectivity index (χ3n) is 4.28. The molecule has 2 aromatic heterocycles. The van der Waals surface area contributed by atoms with E-state index < -0.39 is 10.0 Å². The Kier molecular flexibility index (Phi) is 5.63. The van der Waals surface area contributed by atoms with Gasteiger partial charge in [-0.05, 0) is 31.2 Å². The average Bonchev–Trinajstić information content (AvgIpc) is 3.25. The van der Waals surface area contributed by atoms with Crippen LogP contribution >= 0.6 is 34.5 Å². The lowest BCUT2D eigenvalue weighted by Crippen LogP contribution is -2.26. The molecule has 4 rings (SSSR count). The summed E-state index contributed by atoms with van der Waals surface area (Å²) in [6.45, 7) is 2.21. The van der Waals surface area contributed by atoms with Crippen molar-refractivity contribution >= 4 is 49.5 Å². The summed E-state index contributed by atoms with van der Waals surface area (Å²) in [6.07, 6.45) is 0.452. The van der Waals surface area contributed by atoms with Crippen molar-refractivity contribution in [1.29, 1.82) is 0 Å². The minimum Gasteiger partial charge on any atom is -0.211 e. The van der Waals surface area contributed by atoms with Crippen molar-refractivity contribution in [2.75, 3.05) is 6.54 Å². The highest BCUT2D eigenvalue weighted by Crippen LogP contribution is 2.25. The van der Waals surface area contributed by atoms with Gasteiger partial charge in [0.2, 0.25) is 15.0 Å². The molecule has 0 aliphatic heterocycles. The summed E-state index contributed by atoms with van der Waals surface area (Å²) in [7, 11) is -3.77. The van der Waals surface area contributed by atoms with Crippen molar-refractivity contribution < 1.29 is 8.42 Å². The predicted molar refractivity (Wildman–Crippen MR) is 116 cm³/mol. The maximum atomic E-state index is 12.5. The Balaban J connectivity index is 1.51. The number of fused-ring (bicyclic) bond motifs is 1. The molecule has 0 amide bonds. The second-order valence-corrected chi connectivity index (χ2v) is 9.86. The number of thiazole rings is 1. The molecule has 10 heteroatoms. The van der Waals surface area contributed by atoms with Crippen molar-refractivity contribution in [3.8, 4) is 11.4 Å². The van der Waals surface area contributed by atoms with Gasteiger partial charge >= 0.3 is 0 Å². The summed E-state index contributed by atoms with van der Waals surface area (Å²) in [6, 6.07) is 12.3. The SMILES string of the molecule is Cc1cccc(-c2nc3scc(CCNS(=O)(=O)c4cc(Cl)ccc4Cl)n3n2)c1. The minimum atomic E-state index is -3.77. The summed E-state index contributed by atoms with van der Waals surface area (Å²) in [5.74, 6) is 0.646. The summed E-state index contributed by atoms with van der Waals surface area (Å²) in [4.78, 5) is 5.29. The Labute approximate surface area is 182 Å². The van der Waals surface area contributed by atoms with Crippen LogP contribution in [0.4, 0.5) is 0 Å². The molecule has 0 radical (unpaired) electrons. The molecule has 0 fully saturated rings. The van der Waals surface area contributed by atoms with Crippen LogP contribution in [0.25, 0.3) is 16.3 Å². The second-order valence-electron chi connectivity index (χ2n) is 6.45. The third kappa shape index (κ3) is 4.31. The lowest BCUT2D eigenvalue weighted by Gasteiger charge is -2.08. The zero-order chi connectivity index (χ0) is 20.6. The summed E-state index contributed by atoms with van der Waals surface area (Å²) in [5, 5.41) is 6.94. The summed E-state index contributed by atoms with van der Waals surface area (Å²) >= 11 is 13.4. The van der Waals surface area contributed by atoms with Crippen LogP contribution in [-0.4, -0.2) is 29.6 Å². The third-order valence-corrected chi connectivity index (χ3v) is 7.32. The van der Waals surface area contributed by atoms with Gasteiger partial charge < -0.3 is 0 Å². The highest BCUT2D eigenvalue weighted by Gasteiger charge is 2.19. The number of rotatable bonds is 6. The maximum absolute atomic E-state index is 12.5. The molecular weight excluding hydrogens is 451 g/mol. The Hall–Kier alpha value is -1.97. The quantitative estimate of drug-likeness (QED) is 0.450. The zero-order valence-electron chi connectivity index (χ0n) is 15.3. The molecular formula is C19H16Cl2N4O2S2. The van der Waals surface area contributed by atoms with E-state index in [4.69, 9.17) is 23.2 Å². The number of halogens is 2. The number of benzene rings is 2. The van der Waals surface area contributed by atoms with Gasteiger partial charge in [0.05, 0.1) is 10.7 Å². The van der Waals surface area contributed by atoms with E-state index in [-0.39, 0.29) is 16.5 Å². The van der Waals surface area contributed by atoms with E-state index in [0.29, 0.717) is 17.3 Å². The molecule has 0 unspecified atom stereocenters. The first-order valence-corrected chi connectivity index (χ1v) is 11.8. The van der Waals surface area contributed by atoms with Gasteiger partial charge in [-0.25, -0.2) is 17.7 Å². The molecule has 2 heterocycles. The van der Waals surface area contributed by atoms with Gasteiger partial charge in [0, 0.05) is 28.9 Å². The first-order valence-electron chi connectivity index (χ1n) is 8.68. The molecule has 1 N–H and O–H groups in total. The molecule has 0 saturated heterocycles. The van der Waals surface area contributed by atoms with Crippen molar-refractivity contribution in [3.05, 3.63) is 69.1 Å². The van der Waals surface area contributed by atoms with Crippen LogP contribution < -0.4 is 4.72 Å². The summed E-state index contributed by atoms with van der Waals surface area (Å²) < 4.78 is 29.4. The van der Waals surface area contributed by atoms with Gasteiger partial charge in [-0.3, -0.25) is 0 Å². The van der Waals surface area contributed by atoms with Gasteiger partial charge in [-0.2, -0.15) is 4.98 Å². The average molecular weight is 467 g/mol. The predicted octanol–water partition coefficient (Wildman–Crippen LogP) is 4.59. The Morgan fingerprint density at radius 3 is 2.79 bits per heavy atom. The van der Waals surface area contributed by atoms with Gasteiger partial charge in [-0.15, -0.1) is 16.4 Å².